The molecule has 0 bridgehead atoms. The Balaban J connectivity index is 3.02. The van der Waals surface area contributed by atoms with Crippen LogP contribution >= 0.6 is 0 Å². The summed E-state index contributed by atoms with van der Waals surface area (Å²) in [6.45, 7) is 4.87. The van der Waals surface area contributed by atoms with Gasteiger partial charge in [-0.25, -0.2) is 0 Å². The highest BCUT2D eigenvalue weighted by Gasteiger charge is 2.12. The third-order valence-electron chi connectivity index (χ3n) is 2.67. The van der Waals surface area contributed by atoms with E-state index in [4.69, 9.17) is 10.5 Å². The van der Waals surface area contributed by atoms with Crippen molar-refractivity contribution in [3.8, 4) is 0 Å². The zero-order valence-electron chi connectivity index (χ0n) is 9.16. The Hall–Kier alpha value is -0.860. The van der Waals surface area contributed by atoms with Crippen molar-refractivity contribution < 1.29 is 4.74 Å². The third-order valence-corrected chi connectivity index (χ3v) is 2.67. The lowest BCUT2D eigenvalue weighted by Crippen LogP contribution is -2.12. The predicted molar refractivity (Wildman–Crippen MR) is 59.3 cm³/mol. The molecule has 2 unspecified atom stereocenters. The van der Waals surface area contributed by atoms with Gasteiger partial charge in [0.1, 0.15) is 0 Å². The summed E-state index contributed by atoms with van der Waals surface area (Å²) in [6, 6.07) is 8.32. The molecule has 0 aromatic heterocycles. The molecule has 2 N–H and O–H groups in total. The van der Waals surface area contributed by atoms with Gasteiger partial charge in [0.2, 0.25) is 0 Å². The molecule has 0 heterocycles. The Bertz CT molecular complexity index is 256. The van der Waals surface area contributed by atoms with Gasteiger partial charge < -0.3 is 10.5 Å². The first kappa shape index (κ1) is 11.2. The number of hydrogen-bond donors (Lipinski definition) is 1. The molecular weight excluding hydrogens is 174 g/mol. The first-order chi connectivity index (χ1) is 6.70. The number of hydrogen-bond acceptors (Lipinski definition) is 2. The fraction of sp³-hybridized carbons (Fsp3) is 0.500. The van der Waals surface area contributed by atoms with Crippen molar-refractivity contribution in [1.29, 1.82) is 0 Å². The minimum atomic E-state index is 0.139. The molecule has 0 amide bonds. The highest BCUT2D eigenvalue weighted by Crippen LogP contribution is 2.25. The normalized spacial score (nSPS) is 15.1. The van der Waals surface area contributed by atoms with Crippen LogP contribution in [0.25, 0.3) is 0 Å². The number of rotatable bonds is 4. The standard InChI is InChI=1S/C12H19NO/c1-9(8-13)11-6-4-5-7-12(11)10(2)14-3/h4-7,9-10H,8,13H2,1-3H3. The maximum Gasteiger partial charge on any atom is 0.0795 e. The number of methoxy groups -OCH3 is 1. The second kappa shape index (κ2) is 5.13. The molecule has 0 radical (unpaired) electrons. The molecule has 14 heavy (non-hydrogen) atoms. The van der Waals surface area contributed by atoms with Gasteiger partial charge in [-0.2, -0.15) is 0 Å². The van der Waals surface area contributed by atoms with Crippen molar-refractivity contribution in [2.75, 3.05) is 13.7 Å². The van der Waals surface area contributed by atoms with Crippen LogP contribution in [0.4, 0.5) is 0 Å². The van der Waals surface area contributed by atoms with Gasteiger partial charge in [-0.3, -0.25) is 0 Å². The molecule has 0 aliphatic rings. The average molecular weight is 193 g/mol. The molecule has 2 atom stereocenters. The van der Waals surface area contributed by atoms with E-state index in [0.29, 0.717) is 12.5 Å². The van der Waals surface area contributed by atoms with Crippen molar-refractivity contribution >= 4 is 0 Å². The Morgan fingerprint density at radius 2 is 1.79 bits per heavy atom. The zero-order valence-corrected chi connectivity index (χ0v) is 9.16. The molecule has 2 heteroatoms. The molecule has 78 valence electrons. The minimum absolute atomic E-state index is 0.139. The van der Waals surface area contributed by atoms with Crippen LogP contribution in [0, 0.1) is 0 Å². The fourth-order valence-electron chi connectivity index (χ4n) is 1.58. The molecule has 2 nitrogen and oxygen atoms in total. The molecule has 0 aliphatic heterocycles. The maximum atomic E-state index is 5.67. The van der Waals surface area contributed by atoms with Crippen molar-refractivity contribution in [3.63, 3.8) is 0 Å². The molecule has 0 fully saturated rings. The minimum Gasteiger partial charge on any atom is -0.377 e. The van der Waals surface area contributed by atoms with E-state index < -0.39 is 0 Å². The second-order valence-corrected chi connectivity index (χ2v) is 3.64. The smallest absolute Gasteiger partial charge is 0.0795 e. The van der Waals surface area contributed by atoms with Crippen molar-refractivity contribution in [3.05, 3.63) is 35.4 Å². The van der Waals surface area contributed by atoms with Crippen LogP contribution in [0.3, 0.4) is 0 Å². The lowest BCUT2D eigenvalue weighted by atomic mass is 9.93. The molecular formula is C12H19NO. The second-order valence-electron chi connectivity index (χ2n) is 3.64. The van der Waals surface area contributed by atoms with Crippen molar-refractivity contribution in [2.24, 2.45) is 5.73 Å². The number of nitrogens with two attached hydrogens (primary N) is 1. The Kier molecular flexibility index (Phi) is 4.11. The Morgan fingerprint density at radius 3 is 2.29 bits per heavy atom. The van der Waals surface area contributed by atoms with E-state index in [1.165, 1.54) is 11.1 Å². The Labute approximate surface area is 86.1 Å². The molecule has 1 aromatic rings. The van der Waals surface area contributed by atoms with E-state index in [9.17, 15) is 0 Å². The molecule has 0 spiro atoms. The highest BCUT2D eigenvalue weighted by molar-refractivity contribution is 5.31. The van der Waals surface area contributed by atoms with E-state index in [0.717, 1.165) is 0 Å². The lowest BCUT2D eigenvalue weighted by molar-refractivity contribution is 0.118. The predicted octanol–water partition coefficient (Wildman–Crippen LogP) is 2.46. The summed E-state index contributed by atoms with van der Waals surface area (Å²) in [6.07, 6.45) is 0.139. The van der Waals surface area contributed by atoms with Crippen LogP contribution in [0.15, 0.2) is 24.3 Å². The highest BCUT2D eigenvalue weighted by atomic mass is 16.5. The van der Waals surface area contributed by atoms with E-state index in [2.05, 4.69) is 26.0 Å². The topological polar surface area (TPSA) is 35.2 Å². The van der Waals surface area contributed by atoms with Gasteiger partial charge in [0.25, 0.3) is 0 Å². The van der Waals surface area contributed by atoms with Gasteiger partial charge in [0, 0.05) is 7.11 Å². The van der Waals surface area contributed by atoms with Crippen LogP contribution in [-0.2, 0) is 4.74 Å². The first-order valence-electron chi connectivity index (χ1n) is 5.02. The molecule has 1 rings (SSSR count). The summed E-state index contributed by atoms with van der Waals surface area (Å²) >= 11 is 0. The van der Waals surface area contributed by atoms with Crippen LogP contribution in [-0.4, -0.2) is 13.7 Å². The summed E-state index contributed by atoms with van der Waals surface area (Å²) in [4.78, 5) is 0. The number of benzene rings is 1. The average Bonchev–Trinajstić information content (AvgIpc) is 2.27. The quantitative estimate of drug-likeness (QED) is 0.797. The van der Waals surface area contributed by atoms with E-state index in [1.807, 2.05) is 12.1 Å². The van der Waals surface area contributed by atoms with E-state index in [1.54, 1.807) is 7.11 Å². The summed E-state index contributed by atoms with van der Waals surface area (Å²) in [7, 11) is 1.73. The third kappa shape index (κ3) is 2.34. The van der Waals surface area contributed by atoms with Crippen LogP contribution < -0.4 is 5.73 Å². The van der Waals surface area contributed by atoms with Crippen LogP contribution in [0.5, 0.6) is 0 Å². The molecule has 0 saturated heterocycles. The number of ether oxygens (including phenoxy) is 1. The summed E-state index contributed by atoms with van der Waals surface area (Å²) in [5.41, 5.74) is 8.21. The lowest BCUT2D eigenvalue weighted by Gasteiger charge is -2.18. The summed E-state index contributed by atoms with van der Waals surface area (Å²) < 4.78 is 5.33. The first-order valence-corrected chi connectivity index (χ1v) is 5.02. The maximum absolute atomic E-state index is 5.67. The SMILES string of the molecule is COC(C)c1ccccc1C(C)CN. The fourth-order valence-corrected chi connectivity index (χ4v) is 1.58. The summed E-state index contributed by atoms with van der Waals surface area (Å²) in [5.74, 6) is 0.392. The molecule has 0 saturated carbocycles. The van der Waals surface area contributed by atoms with E-state index in [-0.39, 0.29) is 6.10 Å². The van der Waals surface area contributed by atoms with Gasteiger partial charge in [-0.15, -0.1) is 0 Å². The van der Waals surface area contributed by atoms with Crippen molar-refractivity contribution in [2.45, 2.75) is 25.9 Å². The van der Waals surface area contributed by atoms with Gasteiger partial charge in [0.15, 0.2) is 0 Å². The monoisotopic (exact) mass is 193 g/mol. The largest absolute Gasteiger partial charge is 0.377 e. The van der Waals surface area contributed by atoms with Gasteiger partial charge in [0.05, 0.1) is 6.10 Å². The molecule has 0 aliphatic carbocycles. The van der Waals surface area contributed by atoms with Crippen LogP contribution in [0.1, 0.15) is 37.0 Å². The Morgan fingerprint density at radius 1 is 1.21 bits per heavy atom. The van der Waals surface area contributed by atoms with Gasteiger partial charge >= 0.3 is 0 Å². The van der Waals surface area contributed by atoms with Gasteiger partial charge in [-0.05, 0) is 30.5 Å². The van der Waals surface area contributed by atoms with Crippen molar-refractivity contribution in [1.82, 2.24) is 0 Å². The summed E-state index contributed by atoms with van der Waals surface area (Å²) in [5, 5.41) is 0. The van der Waals surface area contributed by atoms with Crippen LogP contribution in [0.2, 0.25) is 0 Å². The zero-order chi connectivity index (χ0) is 10.6. The van der Waals surface area contributed by atoms with Gasteiger partial charge in [-0.1, -0.05) is 31.2 Å². The van der Waals surface area contributed by atoms with E-state index >= 15 is 0 Å². The molecule has 1 aromatic carbocycles.